The second-order valence-corrected chi connectivity index (χ2v) is 10.3. The Balaban J connectivity index is 1.78. The number of nitrogens with zero attached hydrogens (tertiary/aromatic N) is 7. The van der Waals surface area contributed by atoms with Crippen LogP contribution in [0, 0.1) is 0 Å². The van der Waals surface area contributed by atoms with Gasteiger partial charge in [0.1, 0.15) is 23.6 Å². The summed E-state index contributed by atoms with van der Waals surface area (Å²) in [4.78, 5) is 44.5. The number of fused-ring (bicyclic) bond motifs is 1. The standard InChI is InChI=1S/C25H32ClN7O3/c1-7-31(17(3)34)19-14-33(20-12-18(26)8-9-27-20)23-21(19)22(28-15-29-23)32-11-10-30(13-16(32)2)24(35)36-25(4,5)6/h8-9,12,14-16H,7,10-11,13H2,1-6H3/t16-/m0/s1. The number of amides is 2. The van der Waals surface area contributed by atoms with Gasteiger partial charge in [-0.2, -0.15) is 0 Å². The van der Waals surface area contributed by atoms with E-state index in [0.717, 1.165) is 5.39 Å². The summed E-state index contributed by atoms with van der Waals surface area (Å²) in [5.74, 6) is 1.20. The first kappa shape index (κ1) is 25.7. The van der Waals surface area contributed by atoms with E-state index in [0.29, 0.717) is 54.2 Å². The fourth-order valence-electron chi connectivity index (χ4n) is 4.48. The van der Waals surface area contributed by atoms with Crippen molar-refractivity contribution >= 4 is 46.1 Å². The molecule has 1 atom stereocenters. The molecular formula is C25H32ClN7O3. The van der Waals surface area contributed by atoms with Crippen molar-refractivity contribution in [3.05, 3.63) is 35.9 Å². The molecule has 4 rings (SSSR count). The number of ether oxygens (including phenoxy) is 1. The zero-order valence-corrected chi connectivity index (χ0v) is 22.3. The van der Waals surface area contributed by atoms with E-state index in [1.165, 1.54) is 13.3 Å². The fraction of sp³-hybridized carbons (Fsp3) is 0.480. The van der Waals surface area contributed by atoms with Crippen LogP contribution in [0.15, 0.2) is 30.9 Å². The third-order valence-corrected chi connectivity index (χ3v) is 6.27. The van der Waals surface area contributed by atoms with Crippen LogP contribution in [0.1, 0.15) is 41.5 Å². The molecule has 1 aliphatic rings. The predicted molar refractivity (Wildman–Crippen MR) is 140 cm³/mol. The molecule has 2 amide bonds. The van der Waals surface area contributed by atoms with Gasteiger partial charge in [-0.25, -0.2) is 19.7 Å². The lowest BCUT2D eigenvalue weighted by Gasteiger charge is -2.41. The maximum atomic E-state index is 12.7. The lowest BCUT2D eigenvalue weighted by atomic mass is 10.1. The van der Waals surface area contributed by atoms with Gasteiger partial charge in [0.25, 0.3) is 0 Å². The number of pyridine rings is 1. The first-order valence-electron chi connectivity index (χ1n) is 12.0. The summed E-state index contributed by atoms with van der Waals surface area (Å²) in [5, 5.41) is 1.29. The number of piperazine rings is 1. The molecule has 0 saturated carbocycles. The van der Waals surface area contributed by atoms with Crippen molar-refractivity contribution in [2.24, 2.45) is 0 Å². The van der Waals surface area contributed by atoms with Crippen molar-refractivity contribution in [2.45, 2.75) is 53.2 Å². The Kier molecular flexibility index (Phi) is 7.08. The van der Waals surface area contributed by atoms with Crippen molar-refractivity contribution in [3.63, 3.8) is 0 Å². The number of hydrogen-bond donors (Lipinski definition) is 0. The Morgan fingerprint density at radius 3 is 2.58 bits per heavy atom. The number of carbonyl (C=O) groups excluding carboxylic acids is 2. The van der Waals surface area contributed by atoms with Gasteiger partial charge in [0, 0.05) is 62.6 Å². The largest absolute Gasteiger partial charge is 0.444 e. The fourth-order valence-corrected chi connectivity index (χ4v) is 4.63. The summed E-state index contributed by atoms with van der Waals surface area (Å²) in [6.07, 6.45) is 4.67. The molecule has 1 aliphatic heterocycles. The van der Waals surface area contributed by atoms with Gasteiger partial charge in [-0.1, -0.05) is 11.6 Å². The molecule has 0 spiro atoms. The molecule has 0 aromatic carbocycles. The molecule has 1 saturated heterocycles. The van der Waals surface area contributed by atoms with Gasteiger partial charge >= 0.3 is 6.09 Å². The molecule has 3 aromatic heterocycles. The normalized spacial score (nSPS) is 16.4. The minimum Gasteiger partial charge on any atom is -0.444 e. The minimum absolute atomic E-state index is 0.0442. The highest BCUT2D eigenvalue weighted by Crippen LogP contribution is 2.37. The van der Waals surface area contributed by atoms with Gasteiger partial charge in [0.05, 0.1) is 11.1 Å². The average Bonchev–Trinajstić information content (AvgIpc) is 3.18. The molecule has 10 nitrogen and oxygen atoms in total. The highest BCUT2D eigenvalue weighted by atomic mass is 35.5. The second kappa shape index (κ2) is 9.93. The van der Waals surface area contributed by atoms with Gasteiger partial charge in [-0.05, 0) is 40.7 Å². The van der Waals surface area contributed by atoms with E-state index in [9.17, 15) is 9.59 Å². The Morgan fingerprint density at radius 1 is 1.22 bits per heavy atom. The van der Waals surface area contributed by atoms with E-state index < -0.39 is 5.60 Å². The third-order valence-electron chi connectivity index (χ3n) is 6.04. The summed E-state index contributed by atoms with van der Waals surface area (Å²) in [6.45, 7) is 13.1. The number of rotatable bonds is 4. The number of halogens is 1. The van der Waals surface area contributed by atoms with E-state index in [1.54, 1.807) is 28.1 Å². The zero-order valence-electron chi connectivity index (χ0n) is 21.5. The molecule has 0 aliphatic carbocycles. The molecule has 192 valence electrons. The summed E-state index contributed by atoms with van der Waals surface area (Å²) in [6, 6.07) is 3.41. The number of anilines is 2. The smallest absolute Gasteiger partial charge is 0.410 e. The van der Waals surface area contributed by atoms with Crippen LogP contribution in [0.2, 0.25) is 5.02 Å². The number of hydrogen-bond acceptors (Lipinski definition) is 7. The summed E-state index contributed by atoms with van der Waals surface area (Å²) in [5.41, 5.74) is 0.754. The van der Waals surface area contributed by atoms with Crippen molar-refractivity contribution in [1.82, 2.24) is 24.4 Å². The molecule has 36 heavy (non-hydrogen) atoms. The molecule has 3 aromatic rings. The summed E-state index contributed by atoms with van der Waals surface area (Å²) < 4.78 is 7.40. The first-order valence-corrected chi connectivity index (χ1v) is 12.4. The van der Waals surface area contributed by atoms with Crippen LogP contribution in [-0.2, 0) is 9.53 Å². The van der Waals surface area contributed by atoms with Crippen LogP contribution in [0.3, 0.4) is 0 Å². The van der Waals surface area contributed by atoms with Crippen LogP contribution in [-0.4, -0.2) is 74.2 Å². The van der Waals surface area contributed by atoms with Crippen LogP contribution in [0.4, 0.5) is 16.3 Å². The summed E-state index contributed by atoms with van der Waals surface area (Å²) in [7, 11) is 0. The van der Waals surface area contributed by atoms with E-state index in [1.807, 2.05) is 45.4 Å². The monoisotopic (exact) mass is 513 g/mol. The van der Waals surface area contributed by atoms with E-state index in [2.05, 4.69) is 19.9 Å². The highest BCUT2D eigenvalue weighted by Gasteiger charge is 2.33. The van der Waals surface area contributed by atoms with Crippen molar-refractivity contribution in [3.8, 4) is 5.82 Å². The Bertz CT molecular complexity index is 1290. The third kappa shape index (κ3) is 5.09. The van der Waals surface area contributed by atoms with Gasteiger partial charge in [0.15, 0.2) is 5.65 Å². The Hall–Kier alpha value is -3.40. The quantitative estimate of drug-likeness (QED) is 0.513. The maximum Gasteiger partial charge on any atom is 0.410 e. The van der Waals surface area contributed by atoms with E-state index in [4.69, 9.17) is 16.3 Å². The van der Waals surface area contributed by atoms with Crippen molar-refractivity contribution in [1.29, 1.82) is 0 Å². The average molecular weight is 514 g/mol. The van der Waals surface area contributed by atoms with Crippen molar-refractivity contribution in [2.75, 3.05) is 36.0 Å². The number of carbonyl (C=O) groups is 2. The molecular weight excluding hydrogens is 482 g/mol. The molecule has 0 N–H and O–H groups in total. The van der Waals surface area contributed by atoms with Gasteiger partial charge in [0.2, 0.25) is 5.91 Å². The molecule has 0 radical (unpaired) electrons. The topological polar surface area (TPSA) is 96.7 Å². The second-order valence-electron chi connectivity index (χ2n) is 9.84. The van der Waals surface area contributed by atoms with Crippen LogP contribution in [0.5, 0.6) is 0 Å². The minimum atomic E-state index is -0.557. The van der Waals surface area contributed by atoms with Gasteiger partial charge in [-0.15, -0.1) is 0 Å². The highest BCUT2D eigenvalue weighted by molar-refractivity contribution is 6.30. The molecule has 4 heterocycles. The Morgan fingerprint density at radius 2 is 1.97 bits per heavy atom. The molecule has 11 heteroatoms. The molecule has 0 unspecified atom stereocenters. The van der Waals surface area contributed by atoms with E-state index >= 15 is 0 Å². The van der Waals surface area contributed by atoms with Crippen LogP contribution < -0.4 is 9.80 Å². The van der Waals surface area contributed by atoms with Crippen LogP contribution in [0.25, 0.3) is 16.9 Å². The van der Waals surface area contributed by atoms with Gasteiger partial charge in [-0.3, -0.25) is 9.36 Å². The lowest BCUT2D eigenvalue weighted by Crippen LogP contribution is -2.54. The zero-order chi connectivity index (χ0) is 26.2. The lowest BCUT2D eigenvalue weighted by molar-refractivity contribution is -0.116. The molecule has 1 fully saturated rings. The maximum absolute atomic E-state index is 12.7. The SMILES string of the molecule is CCN(C(C)=O)c1cn(-c2cc(Cl)ccn2)c2ncnc(N3CCN(C(=O)OC(C)(C)C)C[C@@H]3C)c12. The molecule has 0 bridgehead atoms. The van der Waals surface area contributed by atoms with Gasteiger partial charge < -0.3 is 19.4 Å². The van der Waals surface area contributed by atoms with Crippen LogP contribution >= 0.6 is 11.6 Å². The van der Waals surface area contributed by atoms with Crippen molar-refractivity contribution < 1.29 is 14.3 Å². The Labute approximate surface area is 215 Å². The predicted octanol–water partition coefficient (Wildman–Crippen LogP) is 4.29. The van der Waals surface area contributed by atoms with E-state index in [-0.39, 0.29) is 18.0 Å². The summed E-state index contributed by atoms with van der Waals surface area (Å²) >= 11 is 6.24. The first-order chi connectivity index (χ1) is 17.0. The number of aromatic nitrogens is 4.